The van der Waals surface area contributed by atoms with Crippen LogP contribution in [-0.2, 0) is 9.53 Å². The van der Waals surface area contributed by atoms with E-state index in [0.717, 1.165) is 6.54 Å². The molecule has 0 radical (unpaired) electrons. The summed E-state index contributed by atoms with van der Waals surface area (Å²) >= 11 is 0. The fourth-order valence-electron chi connectivity index (χ4n) is 1.51. The summed E-state index contributed by atoms with van der Waals surface area (Å²) in [6.07, 6.45) is -2.46. The minimum Gasteiger partial charge on any atom is -0.374 e. The summed E-state index contributed by atoms with van der Waals surface area (Å²) in [6, 6.07) is 0.0923. The molecule has 0 aromatic carbocycles. The van der Waals surface area contributed by atoms with Gasteiger partial charge in [-0.2, -0.15) is 0 Å². The van der Waals surface area contributed by atoms with Gasteiger partial charge in [-0.3, -0.25) is 4.79 Å². The molecule has 1 amide bonds. The van der Waals surface area contributed by atoms with Crippen LogP contribution < -0.4 is 16.0 Å². The topological polar surface area (TPSA) is 62.4 Å². The molecule has 0 saturated carbocycles. The van der Waals surface area contributed by atoms with E-state index in [0.29, 0.717) is 12.6 Å². The smallest absolute Gasteiger partial charge is 0.261 e. The van der Waals surface area contributed by atoms with Crippen LogP contribution in [0.1, 0.15) is 6.92 Å². The van der Waals surface area contributed by atoms with E-state index in [1.165, 1.54) is 0 Å². The Bertz CT molecular complexity index is 234. The average molecular weight is 251 g/mol. The van der Waals surface area contributed by atoms with Gasteiger partial charge in [0, 0.05) is 25.7 Å². The van der Waals surface area contributed by atoms with Gasteiger partial charge in [-0.25, -0.2) is 8.78 Å². The minimum atomic E-state index is -2.46. The van der Waals surface area contributed by atoms with E-state index in [-0.39, 0.29) is 25.1 Å². The molecular formula is C10H19F2N3O2. The number of carbonyl (C=O) groups excluding carboxylic acids is 1. The molecule has 7 heteroatoms. The first kappa shape index (κ1) is 14.3. The summed E-state index contributed by atoms with van der Waals surface area (Å²) in [7, 11) is 0. The van der Waals surface area contributed by atoms with Crippen molar-refractivity contribution in [1.29, 1.82) is 0 Å². The van der Waals surface area contributed by atoms with Crippen molar-refractivity contribution in [3.05, 3.63) is 0 Å². The summed E-state index contributed by atoms with van der Waals surface area (Å²) in [5.41, 5.74) is 0. The second-order valence-corrected chi connectivity index (χ2v) is 4.03. The van der Waals surface area contributed by atoms with Crippen LogP contribution in [0.4, 0.5) is 8.78 Å². The molecule has 1 heterocycles. The van der Waals surface area contributed by atoms with Crippen LogP contribution in [0, 0.1) is 0 Å². The van der Waals surface area contributed by atoms with E-state index in [2.05, 4.69) is 20.7 Å². The van der Waals surface area contributed by atoms with Gasteiger partial charge in [-0.1, -0.05) is 0 Å². The lowest BCUT2D eigenvalue weighted by Gasteiger charge is -2.28. The fourth-order valence-corrected chi connectivity index (χ4v) is 1.51. The Balaban J connectivity index is 2.05. The molecule has 2 unspecified atom stereocenters. The van der Waals surface area contributed by atoms with Crippen molar-refractivity contribution in [2.24, 2.45) is 0 Å². The van der Waals surface area contributed by atoms with Crippen LogP contribution >= 0.6 is 0 Å². The van der Waals surface area contributed by atoms with Gasteiger partial charge < -0.3 is 20.7 Å². The van der Waals surface area contributed by atoms with E-state index < -0.39 is 13.0 Å². The molecule has 0 aromatic heterocycles. The fraction of sp³-hybridized carbons (Fsp3) is 0.900. The van der Waals surface area contributed by atoms with Crippen molar-refractivity contribution in [1.82, 2.24) is 16.0 Å². The van der Waals surface area contributed by atoms with Gasteiger partial charge in [-0.15, -0.1) is 0 Å². The van der Waals surface area contributed by atoms with Crippen molar-refractivity contribution in [3.63, 3.8) is 0 Å². The van der Waals surface area contributed by atoms with Gasteiger partial charge in [-0.05, 0) is 6.92 Å². The molecule has 0 aromatic rings. The number of halogens is 2. The number of rotatable bonds is 6. The Kier molecular flexibility index (Phi) is 6.31. The number of alkyl halides is 2. The number of amides is 1. The molecule has 1 aliphatic rings. The number of hydrogen-bond donors (Lipinski definition) is 3. The summed E-state index contributed by atoms with van der Waals surface area (Å²) in [5, 5.41) is 8.90. The Hall–Kier alpha value is -0.790. The second-order valence-electron chi connectivity index (χ2n) is 4.03. The van der Waals surface area contributed by atoms with Crippen molar-refractivity contribution < 1.29 is 18.3 Å². The maximum absolute atomic E-state index is 11.7. The number of piperazine rings is 1. The van der Waals surface area contributed by atoms with E-state index in [1.807, 2.05) is 6.92 Å². The van der Waals surface area contributed by atoms with Crippen molar-refractivity contribution in [3.8, 4) is 0 Å². The number of carbonyl (C=O) groups is 1. The molecule has 5 nitrogen and oxygen atoms in total. The van der Waals surface area contributed by atoms with Gasteiger partial charge in [0.05, 0.1) is 12.6 Å². The lowest BCUT2D eigenvalue weighted by atomic mass is 10.1. The van der Waals surface area contributed by atoms with Crippen LogP contribution in [0.15, 0.2) is 0 Å². The van der Waals surface area contributed by atoms with Crippen LogP contribution in [0.3, 0.4) is 0 Å². The molecule has 100 valence electrons. The first-order valence-electron chi connectivity index (χ1n) is 5.70. The number of hydrogen-bond acceptors (Lipinski definition) is 4. The first-order valence-corrected chi connectivity index (χ1v) is 5.70. The first-order chi connectivity index (χ1) is 8.09. The van der Waals surface area contributed by atoms with Gasteiger partial charge >= 0.3 is 0 Å². The van der Waals surface area contributed by atoms with Crippen LogP contribution in [0.5, 0.6) is 0 Å². The Labute approximate surface area is 99.3 Å². The highest BCUT2D eigenvalue weighted by molar-refractivity contribution is 5.82. The molecule has 1 fully saturated rings. The molecule has 0 spiro atoms. The van der Waals surface area contributed by atoms with E-state index in [4.69, 9.17) is 0 Å². The zero-order chi connectivity index (χ0) is 12.7. The molecule has 1 rings (SSSR count). The Morgan fingerprint density at radius 3 is 2.82 bits per heavy atom. The highest BCUT2D eigenvalue weighted by Gasteiger charge is 2.22. The quantitative estimate of drug-likeness (QED) is 0.548. The predicted octanol–water partition coefficient (Wildman–Crippen LogP) is -0.666. The highest BCUT2D eigenvalue weighted by Crippen LogP contribution is 1.93. The molecule has 1 aliphatic heterocycles. The standard InChI is InChI=1S/C10H19F2N3O2/c1-7-4-15-8(5-14-7)10(16)13-2-3-17-6-9(11)12/h7-9,14-15H,2-6H2,1H3,(H,13,16). The van der Waals surface area contributed by atoms with Crippen LogP contribution in [0.25, 0.3) is 0 Å². The summed E-state index contributed by atoms with van der Waals surface area (Å²) < 4.78 is 28.1. The predicted molar refractivity (Wildman–Crippen MR) is 59.1 cm³/mol. The minimum absolute atomic E-state index is 0.104. The molecule has 0 bridgehead atoms. The highest BCUT2D eigenvalue weighted by atomic mass is 19.3. The summed E-state index contributed by atoms with van der Waals surface area (Å²) in [4.78, 5) is 11.6. The third-order valence-corrected chi connectivity index (χ3v) is 2.45. The zero-order valence-electron chi connectivity index (χ0n) is 9.84. The molecule has 17 heavy (non-hydrogen) atoms. The molecule has 3 N–H and O–H groups in total. The maximum Gasteiger partial charge on any atom is 0.261 e. The van der Waals surface area contributed by atoms with Crippen molar-refractivity contribution in [2.75, 3.05) is 32.8 Å². The normalized spacial score (nSPS) is 24.9. The lowest BCUT2D eigenvalue weighted by Crippen LogP contribution is -2.59. The van der Waals surface area contributed by atoms with Crippen molar-refractivity contribution >= 4 is 5.91 Å². The summed E-state index contributed by atoms with van der Waals surface area (Å²) in [5.74, 6) is -0.134. The third kappa shape index (κ3) is 5.90. The van der Waals surface area contributed by atoms with E-state index in [1.54, 1.807) is 0 Å². The largest absolute Gasteiger partial charge is 0.374 e. The van der Waals surface area contributed by atoms with Gasteiger partial charge in [0.15, 0.2) is 0 Å². The molecule has 0 aliphatic carbocycles. The average Bonchev–Trinajstić information content (AvgIpc) is 2.29. The van der Waals surface area contributed by atoms with Gasteiger partial charge in [0.25, 0.3) is 6.43 Å². The van der Waals surface area contributed by atoms with Gasteiger partial charge in [0.1, 0.15) is 6.61 Å². The van der Waals surface area contributed by atoms with Crippen LogP contribution in [0.2, 0.25) is 0 Å². The summed E-state index contributed by atoms with van der Waals surface area (Å²) in [6.45, 7) is 3.10. The third-order valence-electron chi connectivity index (χ3n) is 2.45. The number of nitrogens with one attached hydrogen (secondary N) is 3. The monoisotopic (exact) mass is 251 g/mol. The Morgan fingerprint density at radius 2 is 2.24 bits per heavy atom. The lowest BCUT2D eigenvalue weighted by molar-refractivity contribution is -0.123. The van der Waals surface area contributed by atoms with Crippen molar-refractivity contribution in [2.45, 2.75) is 25.4 Å². The zero-order valence-corrected chi connectivity index (χ0v) is 9.84. The van der Waals surface area contributed by atoms with Gasteiger partial charge in [0.2, 0.25) is 5.91 Å². The Morgan fingerprint density at radius 1 is 1.47 bits per heavy atom. The second kappa shape index (κ2) is 7.52. The molecule has 2 atom stereocenters. The molecular weight excluding hydrogens is 232 g/mol. The molecule has 1 saturated heterocycles. The van der Waals surface area contributed by atoms with E-state index in [9.17, 15) is 13.6 Å². The maximum atomic E-state index is 11.7. The SMILES string of the molecule is CC1CNC(C(=O)NCCOCC(F)F)CN1. The van der Waals surface area contributed by atoms with Crippen LogP contribution in [-0.4, -0.2) is 57.3 Å². The number of ether oxygens (including phenoxy) is 1. The van der Waals surface area contributed by atoms with E-state index >= 15 is 0 Å².